The number of ether oxygens (including phenoxy) is 1. The first kappa shape index (κ1) is 26.0. The third kappa shape index (κ3) is 5.72. The van der Waals surface area contributed by atoms with Crippen molar-refractivity contribution in [2.45, 2.75) is 72.8 Å². The predicted octanol–water partition coefficient (Wildman–Crippen LogP) is 4.95. The van der Waals surface area contributed by atoms with Crippen LogP contribution in [0.2, 0.25) is 0 Å². The fourth-order valence-electron chi connectivity index (χ4n) is 4.66. The van der Waals surface area contributed by atoms with Gasteiger partial charge in [-0.2, -0.15) is 10.2 Å². The van der Waals surface area contributed by atoms with Crippen molar-refractivity contribution in [1.29, 1.82) is 0 Å². The number of hydrogen-bond donors (Lipinski definition) is 2. The maximum Gasteiger partial charge on any atom is 0.341 e. The van der Waals surface area contributed by atoms with Crippen LogP contribution in [0.1, 0.15) is 88.6 Å². The monoisotopic (exact) mass is 481 g/mol. The first-order valence-corrected chi connectivity index (χ1v) is 12.0. The highest BCUT2D eigenvalue weighted by Gasteiger charge is 2.24. The van der Waals surface area contributed by atoms with E-state index in [4.69, 9.17) is 15.6 Å². The molecule has 0 spiro atoms. The first-order chi connectivity index (χ1) is 16.6. The Bertz CT molecular complexity index is 1190. The lowest BCUT2D eigenvalue weighted by atomic mass is 9.95. The second-order valence-corrected chi connectivity index (χ2v) is 8.86. The summed E-state index contributed by atoms with van der Waals surface area (Å²) in [5, 5.41) is 17.9. The zero-order valence-corrected chi connectivity index (χ0v) is 21.2. The molecular formula is C26H35N5O4. The van der Waals surface area contributed by atoms with Crippen molar-refractivity contribution in [3.63, 3.8) is 0 Å². The molecule has 1 aromatic carbocycles. The second kappa shape index (κ2) is 11.2. The maximum absolute atomic E-state index is 11.9. The van der Waals surface area contributed by atoms with Crippen LogP contribution in [-0.2, 0) is 4.74 Å². The van der Waals surface area contributed by atoms with E-state index in [9.17, 15) is 9.59 Å². The van der Waals surface area contributed by atoms with Gasteiger partial charge in [0.2, 0.25) is 0 Å². The van der Waals surface area contributed by atoms with Gasteiger partial charge in [-0.3, -0.25) is 4.68 Å². The number of aryl methyl sites for hydroxylation is 2. The molecule has 1 fully saturated rings. The summed E-state index contributed by atoms with van der Waals surface area (Å²) in [6, 6.07) is 7.58. The molecule has 0 radical (unpaired) electrons. The van der Waals surface area contributed by atoms with Crippen LogP contribution in [0.4, 0.5) is 5.69 Å². The van der Waals surface area contributed by atoms with Crippen molar-refractivity contribution in [2.24, 2.45) is 0 Å². The summed E-state index contributed by atoms with van der Waals surface area (Å²) in [6.45, 7) is 9.52. The number of carboxylic acid groups (broad SMARTS) is 1. The number of carboxylic acids is 1. The normalized spacial score (nSPS) is 13.7. The van der Waals surface area contributed by atoms with Crippen LogP contribution in [0, 0.1) is 27.7 Å². The largest absolute Gasteiger partial charge is 0.478 e. The molecule has 3 N–H and O–H groups in total. The summed E-state index contributed by atoms with van der Waals surface area (Å²) in [7, 11) is 0. The van der Waals surface area contributed by atoms with Crippen LogP contribution in [-0.4, -0.2) is 43.2 Å². The molecule has 0 unspecified atom stereocenters. The van der Waals surface area contributed by atoms with Crippen molar-refractivity contribution >= 4 is 17.6 Å². The molecule has 2 heterocycles. The molecule has 1 aliphatic rings. The number of benzene rings is 1. The molecule has 2 aromatic heterocycles. The van der Waals surface area contributed by atoms with Gasteiger partial charge in [0.1, 0.15) is 11.1 Å². The summed E-state index contributed by atoms with van der Waals surface area (Å²) in [6.07, 6.45) is 6.19. The lowest BCUT2D eigenvalue weighted by Gasteiger charge is -2.23. The quantitative estimate of drug-likeness (QED) is 0.390. The van der Waals surface area contributed by atoms with Crippen LogP contribution < -0.4 is 5.73 Å². The number of nitrogens with zero attached hydrogens (tertiary/aromatic N) is 4. The Balaban J connectivity index is 0.000000196. The molecule has 188 valence electrons. The van der Waals surface area contributed by atoms with Crippen molar-refractivity contribution in [2.75, 3.05) is 12.3 Å². The standard InChI is InChI=1S/C14H22N2O2.C12H13N3O2/c1-4-18-14(17)13-10(2)15-16(11(13)3)12-8-6-5-7-9-12;1-7-11(12(16)17)8(2)15(14-7)10-5-3-9(13)4-6-10/h12H,4-9H2,1-3H3;3-6H,13H2,1-2H3,(H,16,17). The number of carbonyl (C=O) groups is 2. The van der Waals surface area contributed by atoms with Gasteiger partial charge in [0.25, 0.3) is 0 Å². The van der Waals surface area contributed by atoms with Crippen molar-refractivity contribution in [3.05, 3.63) is 58.2 Å². The van der Waals surface area contributed by atoms with Gasteiger partial charge < -0.3 is 15.6 Å². The lowest BCUT2D eigenvalue weighted by molar-refractivity contribution is 0.0523. The molecule has 3 aromatic rings. The summed E-state index contributed by atoms with van der Waals surface area (Å²) >= 11 is 0. The Kier molecular flexibility index (Phi) is 8.32. The number of esters is 1. The molecule has 9 nitrogen and oxygen atoms in total. The molecule has 0 atom stereocenters. The highest BCUT2D eigenvalue weighted by atomic mass is 16.5. The summed E-state index contributed by atoms with van der Waals surface area (Å²) in [5.41, 5.74) is 10.8. The molecule has 1 aliphatic carbocycles. The summed E-state index contributed by atoms with van der Waals surface area (Å²) in [4.78, 5) is 23.0. The van der Waals surface area contributed by atoms with Gasteiger partial charge >= 0.3 is 11.9 Å². The molecule has 9 heteroatoms. The average molecular weight is 482 g/mol. The molecule has 35 heavy (non-hydrogen) atoms. The van der Waals surface area contributed by atoms with Crippen LogP contribution in [0.15, 0.2) is 24.3 Å². The fraction of sp³-hybridized carbons (Fsp3) is 0.462. The van der Waals surface area contributed by atoms with Crippen LogP contribution >= 0.6 is 0 Å². The van der Waals surface area contributed by atoms with Crippen LogP contribution in [0.5, 0.6) is 0 Å². The highest BCUT2D eigenvalue weighted by Crippen LogP contribution is 2.30. The second-order valence-electron chi connectivity index (χ2n) is 8.86. The van der Waals surface area contributed by atoms with E-state index in [0.717, 1.165) is 17.1 Å². The van der Waals surface area contributed by atoms with Crippen molar-refractivity contribution < 1.29 is 19.4 Å². The minimum atomic E-state index is -0.957. The first-order valence-electron chi connectivity index (χ1n) is 12.0. The third-order valence-electron chi connectivity index (χ3n) is 6.37. The van der Waals surface area contributed by atoms with E-state index in [2.05, 4.69) is 10.2 Å². The zero-order valence-electron chi connectivity index (χ0n) is 21.2. The molecule has 1 saturated carbocycles. The Morgan fingerprint density at radius 1 is 0.971 bits per heavy atom. The van der Waals surface area contributed by atoms with Gasteiger partial charge in [0.05, 0.1) is 41.1 Å². The number of nitrogens with two attached hydrogens (primary N) is 1. The topological polar surface area (TPSA) is 125 Å². The van der Waals surface area contributed by atoms with Gasteiger partial charge in [-0.15, -0.1) is 0 Å². The Labute approximate surface area is 205 Å². The van der Waals surface area contributed by atoms with Crippen LogP contribution in [0.25, 0.3) is 5.69 Å². The fourth-order valence-corrected chi connectivity index (χ4v) is 4.66. The van der Waals surface area contributed by atoms with Gasteiger partial charge in [-0.05, 0) is 71.7 Å². The SMILES string of the molecule is CCOC(=O)c1c(C)nn(C2CCCCC2)c1C.Cc1nn(-c2ccc(N)cc2)c(C)c1C(=O)O. The van der Waals surface area contributed by atoms with Gasteiger partial charge in [0, 0.05) is 5.69 Å². The minimum Gasteiger partial charge on any atom is -0.478 e. The predicted molar refractivity (Wildman–Crippen MR) is 134 cm³/mol. The Hall–Kier alpha value is -3.62. The lowest BCUT2D eigenvalue weighted by Crippen LogP contribution is -2.16. The van der Waals surface area contributed by atoms with Crippen LogP contribution in [0.3, 0.4) is 0 Å². The molecule has 0 amide bonds. The number of aromatic nitrogens is 4. The Morgan fingerprint density at radius 3 is 2.11 bits per heavy atom. The Morgan fingerprint density at radius 2 is 1.57 bits per heavy atom. The van der Waals surface area contributed by atoms with E-state index >= 15 is 0 Å². The number of hydrogen-bond acceptors (Lipinski definition) is 6. The van der Waals surface area contributed by atoms with Gasteiger partial charge in [-0.25, -0.2) is 14.3 Å². The number of aromatic carboxylic acids is 1. The van der Waals surface area contributed by atoms with Crippen molar-refractivity contribution in [3.8, 4) is 5.69 Å². The highest BCUT2D eigenvalue weighted by molar-refractivity contribution is 5.92. The summed E-state index contributed by atoms with van der Waals surface area (Å²) in [5.74, 6) is -1.20. The number of nitrogen functional groups attached to an aromatic ring is 1. The average Bonchev–Trinajstić information content (AvgIpc) is 3.29. The minimum absolute atomic E-state index is 0.241. The van der Waals surface area contributed by atoms with E-state index in [1.165, 1.54) is 32.1 Å². The number of rotatable bonds is 5. The zero-order chi connectivity index (χ0) is 25.7. The maximum atomic E-state index is 11.9. The molecular weight excluding hydrogens is 446 g/mol. The third-order valence-corrected chi connectivity index (χ3v) is 6.37. The van der Waals surface area contributed by atoms with E-state index in [0.29, 0.717) is 35.3 Å². The number of carbonyl (C=O) groups excluding carboxylic acids is 1. The van der Waals surface area contributed by atoms with E-state index in [-0.39, 0.29) is 11.5 Å². The van der Waals surface area contributed by atoms with Crippen molar-refractivity contribution in [1.82, 2.24) is 19.6 Å². The molecule has 4 rings (SSSR count). The van der Waals surface area contributed by atoms with Gasteiger partial charge in [0.15, 0.2) is 0 Å². The smallest absolute Gasteiger partial charge is 0.341 e. The molecule has 0 aliphatic heterocycles. The van der Waals surface area contributed by atoms with E-state index in [1.807, 2.05) is 25.5 Å². The van der Waals surface area contributed by atoms with Gasteiger partial charge in [-0.1, -0.05) is 19.3 Å². The number of anilines is 1. The molecule has 0 bridgehead atoms. The molecule has 0 saturated heterocycles. The summed E-state index contributed by atoms with van der Waals surface area (Å²) < 4.78 is 8.75. The van der Waals surface area contributed by atoms with E-state index < -0.39 is 5.97 Å². The van der Waals surface area contributed by atoms with E-state index in [1.54, 1.807) is 42.8 Å².